The molecule has 0 radical (unpaired) electrons. The van der Waals surface area contributed by atoms with Gasteiger partial charge >= 0.3 is 0 Å². The van der Waals surface area contributed by atoms with Gasteiger partial charge in [-0.3, -0.25) is 4.79 Å². The van der Waals surface area contributed by atoms with E-state index in [1.165, 1.54) is 32.1 Å². The van der Waals surface area contributed by atoms with Crippen LogP contribution in [0.2, 0.25) is 0 Å². The average molecular weight is 333 g/mol. The smallest absolute Gasteiger partial charge is 0.220 e. The first kappa shape index (κ1) is 19.7. The number of nitrogens with one attached hydrogen (secondary N) is 2. The van der Waals surface area contributed by atoms with Gasteiger partial charge in [0.15, 0.2) is 0 Å². The summed E-state index contributed by atoms with van der Waals surface area (Å²) in [5.74, 6) is 1.38. The lowest BCUT2D eigenvalue weighted by Crippen LogP contribution is -2.43. The molecule has 2 unspecified atom stereocenters. The van der Waals surface area contributed by atoms with Crippen molar-refractivity contribution < 1.29 is 9.53 Å². The first-order valence-corrected chi connectivity index (χ1v) is 8.61. The number of piperidine rings is 1. The van der Waals surface area contributed by atoms with Gasteiger partial charge in [-0.2, -0.15) is 0 Å². The Kier molecular flexibility index (Phi) is 8.73. The summed E-state index contributed by atoms with van der Waals surface area (Å²) in [4.78, 5) is 12.2. The van der Waals surface area contributed by atoms with Gasteiger partial charge in [-0.1, -0.05) is 13.3 Å². The number of halogens is 1. The fraction of sp³-hybridized carbons (Fsp3) is 0.941. The van der Waals surface area contributed by atoms with Crippen molar-refractivity contribution in [3.63, 3.8) is 0 Å². The van der Waals surface area contributed by atoms with Gasteiger partial charge in [-0.25, -0.2) is 0 Å². The molecule has 1 aliphatic carbocycles. The quantitative estimate of drug-likeness (QED) is 0.718. The second-order valence-corrected chi connectivity index (χ2v) is 7.16. The van der Waals surface area contributed by atoms with Gasteiger partial charge in [0.25, 0.3) is 0 Å². The minimum atomic E-state index is 0. The maximum absolute atomic E-state index is 12.2. The fourth-order valence-corrected chi connectivity index (χ4v) is 3.69. The maximum atomic E-state index is 12.2. The molecule has 0 bridgehead atoms. The van der Waals surface area contributed by atoms with Crippen LogP contribution in [0, 0.1) is 17.3 Å². The molecule has 5 heteroatoms. The van der Waals surface area contributed by atoms with Crippen LogP contribution in [0.25, 0.3) is 0 Å². The molecule has 22 heavy (non-hydrogen) atoms. The number of methoxy groups -OCH3 is 1. The standard InChI is InChI=1S/C17H32N2O2.ClH/c1-14(15-5-3-9-18-12-15)11-16(20)19-13-17(6-4-7-17)8-10-21-2;/h14-15,18H,3-13H2,1-2H3,(H,19,20);1H. The highest BCUT2D eigenvalue weighted by atomic mass is 35.5. The van der Waals surface area contributed by atoms with E-state index in [9.17, 15) is 4.79 Å². The van der Waals surface area contributed by atoms with Crippen molar-refractivity contribution in [2.45, 2.75) is 51.9 Å². The van der Waals surface area contributed by atoms with E-state index in [1.807, 2.05) is 0 Å². The molecule has 2 aliphatic rings. The Morgan fingerprint density at radius 3 is 2.73 bits per heavy atom. The van der Waals surface area contributed by atoms with Gasteiger partial charge in [0.1, 0.15) is 0 Å². The summed E-state index contributed by atoms with van der Waals surface area (Å²) in [6.45, 7) is 6.08. The van der Waals surface area contributed by atoms with Gasteiger partial charge in [-0.05, 0) is 62.4 Å². The van der Waals surface area contributed by atoms with Crippen LogP contribution in [0.3, 0.4) is 0 Å². The molecular formula is C17H33ClN2O2. The summed E-state index contributed by atoms with van der Waals surface area (Å²) >= 11 is 0. The molecule has 0 aromatic rings. The molecule has 4 nitrogen and oxygen atoms in total. The molecule has 1 amide bonds. The summed E-state index contributed by atoms with van der Waals surface area (Å²) < 4.78 is 5.20. The number of amides is 1. The van der Waals surface area contributed by atoms with Crippen LogP contribution < -0.4 is 10.6 Å². The number of rotatable bonds is 8. The van der Waals surface area contributed by atoms with Crippen LogP contribution >= 0.6 is 12.4 Å². The van der Waals surface area contributed by atoms with Gasteiger partial charge in [-0.15, -0.1) is 12.4 Å². The number of ether oxygens (including phenoxy) is 1. The molecule has 130 valence electrons. The molecule has 2 rings (SSSR count). The number of hydrogen-bond donors (Lipinski definition) is 2. The third-order valence-electron chi connectivity index (χ3n) is 5.56. The summed E-state index contributed by atoms with van der Waals surface area (Å²) in [7, 11) is 1.75. The molecule has 1 aliphatic heterocycles. The normalized spacial score (nSPS) is 24.7. The van der Waals surface area contributed by atoms with Crippen molar-refractivity contribution in [3.05, 3.63) is 0 Å². The van der Waals surface area contributed by atoms with Gasteiger partial charge in [0, 0.05) is 26.7 Å². The zero-order chi connectivity index (χ0) is 15.1. The van der Waals surface area contributed by atoms with E-state index in [-0.39, 0.29) is 18.3 Å². The van der Waals surface area contributed by atoms with E-state index in [0.717, 1.165) is 32.7 Å². The van der Waals surface area contributed by atoms with E-state index in [0.29, 0.717) is 23.7 Å². The lowest BCUT2D eigenvalue weighted by Gasteiger charge is -2.42. The van der Waals surface area contributed by atoms with E-state index in [4.69, 9.17) is 4.74 Å². The monoisotopic (exact) mass is 332 g/mol. The van der Waals surface area contributed by atoms with Crippen molar-refractivity contribution in [1.82, 2.24) is 10.6 Å². The second-order valence-electron chi connectivity index (χ2n) is 7.16. The molecule has 0 aromatic heterocycles. The van der Waals surface area contributed by atoms with Crippen LogP contribution in [0.4, 0.5) is 0 Å². The Morgan fingerprint density at radius 2 is 2.18 bits per heavy atom. The van der Waals surface area contributed by atoms with Crippen LogP contribution in [0.15, 0.2) is 0 Å². The van der Waals surface area contributed by atoms with E-state index in [1.54, 1.807) is 7.11 Å². The van der Waals surface area contributed by atoms with Crippen LogP contribution in [0.1, 0.15) is 51.9 Å². The molecule has 0 aromatic carbocycles. The predicted octanol–water partition coefficient (Wildman–Crippen LogP) is 2.76. The first-order chi connectivity index (χ1) is 10.2. The maximum Gasteiger partial charge on any atom is 0.220 e. The van der Waals surface area contributed by atoms with Gasteiger partial charge in [0.05, 0.1) is 0 Å². The van der Waals surface area contributed by atoms with Crippen LogP contribution in [-0.4, -0.2) is 39.3 Å². The minimum absolute atomic E-state index is 0. The molecule has 1 saturated carbocycles. The summed E-state index contributed by atoms with van der Waals surface area (Å²) in [6, 6.07) is 0. The third-order valence-corrected chi connectivity index (χ3v) is 5.56. The van der Waals surface area contributed by atoms with Crippen molar-refractivity contribution in [2.24, 2.45) is 17.3 Å². The molecule has 1 saturated heterocycles. The van der Waals surface area contributed by atoms with Gasteiger partial charge in [0.2, 0.25) is 5.91 Å². The summed E-state index contributed by atoms with van der Waals surface area (Å²) in [5.41, 5.74) is 0.321. The zero-order valence-corrected chi connectivity index (χ0v) is 15.0. The lowest BCUT2D eigenvalue weighted by molar-refractivity contribution is -0.123. The second kappa shape index (κ2) is 9.74. The highest BCUT2D eigenvalue weighted by Crippen LogP contribution is 2.43. The Balaban J connectivity index is 0.00000242. The Labute approximate surface area is 141 Å². The number of hydrogen-bond acceptors (Lipinski definition) is 3. The van der Waals surface area contributed by atoms with Crippen molar-refractivity contribution in [3.8, 4) is 0 Å². The highest BCUT2D eigenvalue weighted by Gasteiger charge is 2.36. The van der Waals surface area contributed by atoms with E-state index in [2.05, 4.69) is 17.6 Å². The summed E-state index contributed by atoms with van der Waals surface area (Å²) in [6.07, 6.45) is 8.02. The molecule has 1 heterocycles. The summed E-state index contributed by atoms with van der Waals surface area (Å²) in [5, 5.41) is 6.63. The van der Waals surface area contributed by atoms with E-state index < -0.39 is 0 Å². The Hall–Kier alpha value is -0.320. The fourth-order valence-electron chi connectivity index (χ4n) is 3.69. The van der Waals surface area contributed by atoms with E-state index >= 15 is 0 Å². The lowest BCUT2D eigenvalue weighted by atomic mass is 9.66. The zero-order valence-electron chi connectivity index (χ0n) is 14.2. The highest BCUT2D eigenvalue weighted by molar-refractivity contribution is 5.85. The molecule has 2 N–H and O–H groups in total. The van der Waals surface area contributed by atoms with Crippen molar-refractivity contribution in [2.75, 3.05) is 33.4 Å². The van der Waals surface area contributed by atoms with Crippen LogP contribution in [0.5, 0.6) is 0 Å². The molecular weight excluding hydrogens is 300 g/mol. The number of carbonyl (C=O) groups excluding carboxylic acids is 1. The van der Waals surface area contributed by atoms with Crippen LogP contribution in [-0.2, 0) is 9.53 Å². The van der Waals surface area contributed by atoms with Crippen molar-refractivity contribution >= 4 is 18.3 Å². The Bertz CT molecular complexity index is 329. The minimum Gasteiger partial charge on any atom is -0.385 e. The van der Waals surface area contributed by atoms with Gasteiger partial charge < -0.3 is 15.4 Å². The number of carbonyl (C=O) groups is 1. The Morgan fingerprint density at radius 1 is 1.41 bits per heavy atom. The average Bonchev–Trinajstić information content (AvgIpc) is 2.46. The first-order valence-electron chi connectivity index (χ1n) is 8.61. The molecule has 0 spiro atoms. The predicted molar refractivity (Wildman–Crippen MR) is 92.4 cm³/mol. The largest absolute Gasteiger partial charge is 0.385 e. The topological polar surface area (TPSA) is 50.4 Å². The molecule has 2 fully saturated rings. The van der Waals surface area contributed by atoms with Crippen molar-refractivity contribution in [1.29, 1.82) is 0 Å². The SMILES string of the molecule is COCCC1(CNC(=O)CC(C)C2CCCNC2)CCC1.Cl. The third kappa shape index (κ3) is 5.71. The molecule has 2 atom stereocenters.